The Morgan fingerprint density at radius 3 is 2.43 bits per heavy atom. The number of hydrogen-bond donors (Lipinski definition) is 0. The van der Waals surface area contributed by atoms with Gasteiger partial charge in [-0.25, -0.2) is 4.79 Å². The van der Waals surface area contributed by atoms with Gasteiger partial charge in [-0.15, -0.1) is 0 Å². The van der Waals surface area contributed by atoms with Crippen LogP contribution in [0, 0.1) is 28.6 Å². The maximum absolute atomic E-state index is 13.3. The van der Waals surface area contributed by atoms with Gasteiger partial charge in [0.2, 0.25) is 0 Å². The summed E-state index contributed by atoms with van der Waals surface area (Å²) in [6.07, 6.45) is 9.38. The zero-order chi connectivity index (χ0) is 24.2. The van der Waals surface area contributed by atoms with E-state index in [1.54, 1.807) is 6.20 Å². The molecule has 5 nitrogen and oxygen atoms in total. The van der Waals surface area contributed by atoms with Gasteiger partial charge in [0.15, 0.2) is 0 Å². The monoisotopic (exact) mass is 472 g/mol. The van der Waals surface area contributed by atoms with Gasteiger partial charge in [0.25, 0.3) is 5.91 Å². The summed E-state index contributed by atoms with van der Waals surface area (Å²) in [7, 11) is 0. The molecule has 1 aliphatic heterocycles. The normalized spacial score (nSPS) is 37.8. The van der Waals surface area contributed by atoms with Crippen molar-refractivity contribution in [3.63, 3.8) is 0 Å². The minimum atomic E-state index is -0.185. The van der Waals surface area contributed by atoms with Gasteiger partial charge in [0, 0.05) is 24.2 Å². The summed E-state index contributed by atoms with van der Waals surface area (Å²) in [5, 5.41) is 0. The van der Waals surface area contributed by atoms with Crippen LogP contribution in [-0.4, -0.2) is 40.5 Å². The zero-order valence-corrected chi connectivity index (χ0v) is 20.9. The molecule has 2 heterocycles. The third-order valence-corrected chi connectivity index (χ3v) is 10.4. The Hall–Kier alpha value is -2.69. The summed E-state index contributed by atoms with van der Waals surface area (Å²) in [6.45, 7) is 5.66. The van der Waals surface area contributed by atoms with Crippen molar-refractivity contribution in [2.75, 3.05) is 6.54 Å². The van der Waals surface area contributed by atoms with Crippen LogP contribution in [-0.2, 0) is 4.74 Å². The quantitative estimate of drug-likeness (QED) is 0.533. The minimum Gasteiger partial charge on any atom is -0.458 e. The molecule has 4 fully saturated rings. The largest absolute Gasteiger partial charge is 0.458 e. The number of rotatable bonds is 3. The molecule has 0 spiro atoms. The van der Waals surface area contributed by atoms with Crippen LogP contribution in [0.4, 0.5) is 0 Å². The van der Waals surface area contributed by atoms with Crippen LogP contribution in [0.1, 0.15) is 79.6 Å². The number of nitrogens with zero attached hydrogens (tertiary/aromatic N) is 2. The fourth-order valence-corrected chi connectivity index (χ4v) is 8.61. The van der Waals surface area contributed by atoms with Crippen molar-refractivity contribution in [2.45, 2.75) is 70.9 Å². The summed E-state index contributed by atoms with van der Waals surface area (Å²) >= 11 is 0. The molecule has 1 amide bonds. The van der Waals surface area contributed by atoms with E-state index in [2.05, 4.69) is 23.7 Å². The van der Waals surface area contributed by atoms with Crippen LogP contribution in [0.25, 0.3) is 0 Å². The Balaban J connectivity index is 1.19. The van der Waals surface area contributed by atoms with Crippen LogP contribution in [0.3, 0.4) is 0 Å². The molecule has 0 N–H and O–H groups in total. The number of likely N-dealkylation sites (tertiary alicyclic amines) is 1. The first-order valence-corrected chi connectivity index (χ1v) is 13.4. The number of benzene rings is 1. The predicted octanol–water partition coefficient (Wildman–Crippen LogP) is 5.76. The lowest BCUT2D eigenvalue weighted by atomic mass is 9.49. The second kappa shape index (κ2) is 8.46. The summed E-state index contributed by atoms with van der Waals surface area (Å²) in [5.74, 6) is 1.78. The smallest absolute Gasteiger partial charge is 0.338 e. The van der Waals surface area contributed by atoms with E-state index in [0.29, 0.717) is 35.1 Å². The van der Waals surface area contributed by atoms with Crippen molar-refractivity contribution in [1.29, 1.82) is 0 Å². The maximum atomic E-state index is 13.3. The van der Waals surface area contributed by atoms with Gasteiger partial charge >= 0.3 is 5.97 Å². The lowest BCUT2D eigenvalue weighted by Crippen LogP contribution is -2.55. The molecule has 2 aromatic rings. The standard InChI is InChI=1S/C30H36N2O3/c1-29-17-19-32(27(33)24-10-6-7-18-31-24)25(29)13-11-21-22-12-14-26(30(22,2)16-15-23(21)29)35-28(34)20-8-4-3-5-9-20/h3-10,18,21-23,25-26H,11-17,19H2,1-2H3/t21-,22-,23-,25?,26-,29+,30-/m0/s1. The average Bonchev–Trinajstić information content (AvgIpc) is 3.41. The topological polar surface area (TPSA) is 59.5 Å². The van der Waals surface area contributed by atoms with Crippen LogP contribution in [0.5, 0.6) is 0 Å². The Labute approximate surface area is 208 Å². The molecule has 3 saturated carbocycles. The number of carbonyl (C=O) groups is 2. The van der Waals surface area contributed by atoms with E-state index < -0.39 is 0 Å². The zero-order valence-electron chi connectivity index (χ0n) is 20.9. The van der Waals surface area contributed by atoms with Gasteiger partial charge in [-0.05, 0) is 92.4 Å². The maximum Gasteiger partial charge on any atom is 0.338 e. The molecule has 1 aromatic heterocycles. The van der Waals surface area contributed by atoms with Gasteiger partial charge in [-0.2, -0.15) is 0 Å². The molecular weight excluding hydrogens is 436 g/mol. The van der Waals surface area contributed by atoms with Crippen LogP contribution < -0.4 is 0 Å². The highest BCUT2D eigenvalue weighted by Gasteiger charge is 2.62. The Kier molecular flexibility index (Phi) is 5.50. The summed E-state index contributed by atoms with van der Waals surface area (Å²) < 4.78 is 6.16. The third kappa shape index (κ3) is 3.53. The first-order chi connectivity index (χ1) is 16.9. The number of hydrogen-bond acceptors (Lipinski definition) is 4. The molecule has 3 aliphatic carbocycles. The summed E-state index contributed by atoms with van der Waals surface area (Å²) in [6, 6.07) is 15.3. The van der Waals surface area contributed by atoms with E-state index in [4.69, 9.17) is 4.74 Å². The van der Waals surface area contributed by atoms with Crippen LogP contribution in [0.2, 0.25) is 0 Å². The molecule has 184 valence electrons. The number of pyridine rings is 1. The molecule has 0 bridgehead atoms. The second-order valence-corrected chi connectivity index (χ2v) is 11.8. The fourth-order valence-electron chi connectivity index (χ4n) is 8.61. The van der Waals surface area contributed by atoms with Crippen molar-refractivity contribution >= 4 is 11.9 Å². The van der Waals surface area contributed by atoms with E-state index in [-0.39, 0.29) is 28.8 Å². The Morgan fingerprint density at radius 1 is 0.886 bits per heavy atom. The van der Waals surface area contributed by atoms with E-state index in [9.17, 15) is 9.59 Å². The fraction of sp³-hybridized carbons (Fsp3) is 0.567. The van der Waals surface area contributed by atoms with Crippen molar-refractivity contribution < 1.29 is 14.3 Å². The molecule has 5 heteroatoms. The number of ether oxygens (including phenoxy) is 1. The average molecular weight is 473 g/mol. The number of fused-ring (bicyclic) bond motifs is 5. The second-order valence-electron chi connectivity index (χ2n) is 11.8. The number of aromatic nitrogens is 1. The van der Waals surface area contributed by atoms with Crippen molar-refractivity contribution in [1.82, 2.24) is 9.88 Å². The molecule has 0 radical (unpaired) electrons. The van der Waals surface area contributed by atoms with E-state index in [1.165, 1.54) is 0 Å². The highest BCUT2D eigenvalue weighted by atomic mass is 16.5. The molecule has 1 aromatic carbocycles. The number of esters is 1. The first kappa shape index (κ1) is 22.8. The van der Waals surface area contributed by atoms with Crippen LogP contribution in [0.15, 0.2) is 54.7 Å². The molecule has 1 unspecified atom stereocenters. The lowest BCUT2D eigenvalue weighted by Gasteiger charge is -2.57. The lowest BCUT2D eigenvalue weighted by molar-refractivity contribution is -0.0988. The highest BCUT2D eigenvalue weighted by molar-refractivity contribution is 5.92. The van der Waals surface area contributed by atoms with E-state index in [0.717, 1.165) is 51.5 Å². The number of amides is 1. The SMILES string of the molecule is C[C@]12CC[C@H]3[C@@H](CCC4N(C(=O)c5ccccn5)CC[C@@]43C)[C@@H]1CC[C@@H]2OC(=O)c1ccccc1. The molecule has 35 heavy (non-hydrogen) atoms. The molecule has 1 saturated heterocycles. The third-order valence-electron chi connectivity index (χ3n) is 10.4. The van der Waals surface area contributed by atoms with Gasteiger partial charge in [-0.3, -0.25) is 9.78 Å². The molecule has 4 aliphatic rings. The molecular formula is C30H36N2O3. The van der Waals surface area contributed by atoms with Gasteiger partial charge in [-0.1, -0.05) is 38.1 Å². The van der Waals surface area contributed by atoms with Gasteiger partial charge in [0.1, 0.15) is 11.8 Å². The minimum absolute atomic E-state index is 0.00232. The van der Waals surface area contributed by atoms with Gasteiger partial charge in [0.05, 0.1) is 5.56 Å². The van der Waals surface area contributed by atoms with Crippen molar-refractivity contribution in [3.05, 3.63) is 66.0 Å². The summed E-state index contributed by atoms with van der Waals surface area (Å²) in [5.41, 5.74) is 1.42. The first-order valence-electron chi connectivity index (χ1n) is 13.4. The van der Waals surface area contributed by atoms with Crippen molar-refractivity contribution in [2.24, 2.45) is 28.6 Å². The highest BCUT2D eigenvalue weighted by Crippen LogP contribution is 2.65. The Bertz CT molecular complexity index is 1110. The van der Waals surface area contributed by atoms with Crippen molar-refractivity contribution in [3.8, 4) is 0 Å². The Morgan fingerprint density at radius 2 is 1.66 bits per heavy atom. The van der Waals surface area contributed by atoms with E-state index >= 15 is 0 Å². The van der Waals surface area contributed by atoms with E-state index in [1.807, 2.05) is 48.5 Å². The number of carbonyl (C=O) groups excluding carboxylic acids is 2. The van der Waals surface area contributed by atoms with Gasteiger partial charge < -0.3 is 9.64 Å². The van der Waals surface area contributed by atoms with Crippen LogP contribution >= 0.6 is 0 Å². The molecule has 6 rings (SSSR count). The predicted molar refractivity (Wildman–Crippen MR) is 134 cm³/mol. The molecule has 7 atom stereocenters. The summed E-state index contributed by atoms with van der Waals surface area (Å²) in [4.78, 5) is 32.6.